The lowest BCUT2D eigenvalue weighted by atomic mass is 10.3. The minimum absolute atomic E-state index is 0.0900. The Morgan fingerprint density at radius 3 is 1.09 bits per heavy atom. The second kappa shape index (κ2) is 15.6. The van der Waals surface area contributed by atoms with E-state index in [1.807, 2.05) is 0 Å². The third-order valence-electron chi connectivity index (χ3n) is 6.43. The van der Waals surface area contributed by atoms with Crippen molar-refractivity contribution in [2.45, 2.75) is 78.1 Å². The van der Waals surface area contributed by atoms with Gasteiger partial charge in [0.1, 0.15) is 0 Å². The Morgan fingerprint density at radius 2 is 0.875 bits per heavy atom. The summed E-state index contributed by atoms with van der Waals surface area (Å²) in [6, 6.07) is 0. The second-order valence-corrected chi connectivity index (χ2v) is 13.0. The highest BCUT2D eigenvalue weighted by molar-refractivity contribution is 7.86. The molecule has 2 aliphatic heterocycles. The van der Waals surface area contributed by atoms with E-state index in [0.717, 1.165) is 0 Å². The van der Waals surface area contributed by atoms with E-state index in [-0.39, 0.29) is 12.8 Å². The van der Waals surface area contributed by atoms with E-state index in [9.17, 15) is 25.9 Å². The molecule has 2 rings (SSSR count). The normalized spacial score (nSPS) is 19.6. The average molecular weight is 501 g/mol. The van der Waals surface area contributed by atoms with Gasteiger partial charge in [-0.1, -0.05) is 26.7 Å². The van der Waals surface area contributed by atoms with Crippen LogP contribution in [-0.4, -0.2) is 99.8 Å². The summed E-state index contributed by atoms with van der Waals surface area (Å²) >= 11 is 0. The first-order chi connectivity index (χ1) is 14.7. The van der Waals surface area contributed by atoms with Crippen LogP contribution in [0.2, 0.25) is 0 Å². The van der Waals surface area contributed by atoms with Gasteiger partial charge in [-0.25, -0.2) is 16.8 Å². The molecule has 2 saturated heterocycles. The van der Waals surface area contributed by atoms with Crippen LogP contribution in [0.15, 0.2) is 0 Å². The quantitative estimate of drug-likeness (QED) is 0.245. The summed E-state index contributed by atoms with van der Waals surface area (Å²) < 4.78 is 62.5. The highest BCUT2D eigenvalue weighted by Crippen LogP contribution is 2.17. The zero-order chi connectivity index (χ0) is 24.7. The predicted octanol–water partition coefficient (Wildman–Crippen LogP) is 2.91. The maximum absolute atomic E-state index is 9.97. The Labute approximate surface area is 198 Å². The molecule has 32 heavy (non-hydrogen) atoms. The average Bonchev–Trinajstić information content (AvgIpc) is 3.31. The van der Waals surface area contributed by atoms with Crippen molar-refractivity contribution in [3.63, 3.8) is 0 Å². The van der Waals surface area contributed by atoms with E-state index in [4.69, 9.17) is 0 Å². The molecule has 0 aliphatic carbocycles. The van der Waals surface area contributed by atoms with Gasteiger partial charge in [0.15, 0.2) is 0 Å². The summed E-state index contributed by atoms with van der Waals surface area (Å²) in [5, 5.41) is 0. The highest BCUT2D eigenvalue weighted by Gasteiger charge is 2.26. The predicted molar refractivity (Wildman–Crippen MR) is 128 cm³/mol. The van der Waals surface area contributed by atoms with E-state index in [1.54, 1.807) is 0 Å². The molecule has 0 spiro atoms. The number of rotatable bonds is 11. The fourth-order valence-electron chi connectivity index (χ4n) is 4.28. The zero-order valence-electron chi connectivity index (χ0n) is 20.9. The Hall–Kier alpha value is -0.260. The van der Waals surface area contributed by atoms with E-state index in [0.29, 0.717) is 0 Å². The first-order valence-corrected chi connectivity index (χ1v) is 15.4. The maximum Gasteiger partial charge on any atom is 0.0945 e. The summed E-state index contributed by atoms with van der Waals surface area (Å²) in [6.45, 7) is 13.1. The van der Waals surface area contributed by atoms with Gasteiger partial charge in [-0.05, 0) is 25.7 Å². The molecule has 0 bridgehead atoms. The van der Waals surface area contributed by atoms with E-state index >= 15 is 0 Å². The van der Waals surface area contributed by atoms with E-state index < -0.39 is 31.7 Å². The summed E-state index contributed by atoms with van der Waals surface area (Å²) in [7, 11) is -3.77. The molecule has 2 heterocycles. The third kappa shape index (κ3) is 18.2. The molecule has 2 aliphatic rings. The van der Waals surface area contributed by atoms with Gasteiger partial charge in [0, 0.05) is 37.2 Å². The van der Waals surface area contributed by atoms with Gasteiger partial charge in [0.05, 0.1) is 73.6 Å². The Morgan fingerprint density at radius 1 is 0.594 bits per heavy atom. The van der Waals surface area contributed by atoms with Gasteiger partial charge in [0.2, 0.25) is 0 Å². The van der Waals surface area contributed by atoms with Crippen LogP contribution in [0.5, 0.6) is 0 Å². The molecule has 0 aromatic rings. The van der Waals surface area contributed by atoms with E-state index in [2.05, 4.69) is 27.9 Å². The Kier molecular flexibility index (Phi) is 15.5. The molecule has 0 atom stereocenters. The zero-order valence-corrected chi connectivity index (χ0v) is 22.5. The molecule has 0 aromatic carbocycles. The highest BCUT2D eigenvalue weighted by atomic mass is 32.2. The Balaban J connectivity index is 0.000000452. The molecule has 0 radical (unpaired) electrons. The van der Waals surface area contributed by atoms with Gasteiger partial charge >= 0.3 is 0 Å². The van der Waals surface area contributed by atoms with Crippen molar-refractivity contribution in [1.29, 1.82) is 0 Å². The molecule has 0 unspecified atom stereocenters. The summed E-state index contributed by atoms with van der Waals surface area (Å²) in [6.07, 6.45) is 11.2. The number of likely N-dealkylation sites (tertiary alicyclic amines) is 2. The molecule has 0 N–H and O–H groups in total. The fourth-order valence-corrected chi connectivity index (χ4v) is 5.40. The SMILES string of the molecule is CCCC[N+]1(C)CCCC1.CCCC[N+]1(C)CCCC1.O=S(=O)([O-])CCCCS(=O)(=O)[O-]. The van der Waals surface area contributed by atoms with Crippen LogP contribution in [0.3, 0.4) is 0 Å². The minimum Gasteiger partial charge on any atom is -0.748 e. The first kappa shape index (κ1) is 31.7. The number of nitrogens with zero attached hydrogens (tertiary/aromatic N) is 2. The fraction of sp³-hybridized carbons (Fsp3) is 1.00. The molecule has 10 heteroatoms. The topological polar surface area (TPSA) is 114 Å². The van der Waals surface area contributed by atoms with Crippen molar-refractivity contribution in [3.8, 4) is 0 Å². The molecular formula is C22H48N2O6S2. The summed E-state index contributed by atoms with van der Waals surface area (Å²) in [5.41, 5.74) is 0. The lowest BCUT2D eigenvalue weighted by molar-refractivity contribution is -0.897. The number of hydrogen-bond acceptors (Lipinski definition) is 6. The number of quaternary nitrogens is 2. The molecular weight excluding hydrogens is 452 g/mol. The van der Waals surface area contributed by atoms with Crippen molar-refractivity contribution in [2.24, 2.45) is 0 Å². The van der Waals surface area contributed by atoms with Crippen molar-refractivity contribution in [1.82, 2.24) is 0 Å². The first-order valence-electron chi connectivity index (χ1n) is 12.3. The molecule has 0 aromatic heterocycles. The second-order valence-electron chi connectivity index (χ2n) is 9.93. The summed E-state index contributed by atoms with van der Waals surface area (Å²) in [4.78, 5) is 0. The van der Waals surface area contributed by atoms with Crippen LogP contribution >= 0.6 is 0 Å². The van der Waals surface area contributed by atoms with Crippen LogP contribution in [0.4, 0.5) is 0 Å². The monoisotopic (exact) mass is 500 g/mol. The van der Waals surface area contributed by atoms with Crippen LogP contribution in [-0.2, 0) is 20.2 Å². The number of unbranched alkanes of at least 4 members (excludes halogenated alkanes) is 3. The maximum atomic E-state index is 9.97. The minimum atomic E-state index is -4.29. The lowest BCUT2D eigenvalue weighted by Gasteiger charge is -2.28. The molecule has 194 valence electrons. The molecule has 2 fully saturated rings. The van der Waals surface area contributed by atoms with Crippen molar-refractivity contribution >= 4 is 20.2 Å². The van der Waals surface area contributed by atoms with Gasteiger partial charge in [-0.3, -0.25) is 0 Å². The van der Waals surface area contributed by atoms with Crippen LogP contribution in [0.1, 0.15) is 78.1 Å². The molecule has 8 nitrogen and oxygen atoms in total. The van der Waals surface area contributed by atoms with Gasteiger partial charge in [-0.15, -0.1) is 0 Å². The Bertz CT molecular complexity index is 623. The van der Waals surface area contributed by atoms with Crippen LogP contribution in [0.25, 0.3) is 0 Å². The molecule has 0 saturated carbocycles. The molecule has 0 amide bonds. The van der Waals surface area contributed by atoms with Crippen LogP contribution in [0, 0.1) is 0 Å². The van der Waals surface area contributed by atoms with E-state index in [1.165, 1.54) is 99.6 Å². The third-order valence-corrected chi connectivity index (χ3v) is 8.01. The van der Waals surface area contributed by atoms with Gasteiger partial charge in [0.25, 0.3) is 0 Å². The van der Waals surface area contributed by atoms with Crippen molar-refractivity contribution in [3.05, 3.63) is 0 Å². The van der Waals surface area contributed by atoms with Crippen molar-refractivity contribution < 1.29 is 34.9 Å². The van der Waals surface area contributed by atoms with Crippen molar-refractivity contribution in [2.75, 3.05) is 64.9 Å². The summed E-state index contributed by atoms with van der Waals surface area (Å²) in [5.74, 6) is -1.24. The number of hydrogen-bond donors (Lipinski definition) is 0. The largest absolute Gasteiger partial charge is 0.748 e. The standard InChI is InChI=1S/2C9H20N.C4H10O6S2/c2*1-3-4-7-10(2)8-5-6-9-10;5-11(6,7)3-1-2-4-12(8,9)10/h2*3-9H2,1-2H3;1-4H2,(H,5,6,7)(H,8,9,10)/q2*+1;/p-2. The van der Waals surface area contributed by atoms with Gasteiger partial charge in [-0.2, -0.15) is 0 Å². The lowest BCUT2D eigenvalue weighted by Crippen LogP contribution is -2.41. The van der Waals surface area contributed by atoms with Crippen LogP contribution < -0.4 is 0 Å². The van der Waals surface area contributed by atoms with Gasteiger partial charge < -0.3 is 18.1 Å². The smallest absolute Gasteiger partial charge is 0.0945 e.